The van der Waals surface area contributed by atoms with Gasteiger partial charge in [-0.2, -0.15) is 0 Å². The van der Waals surface area contributed by atoms with Crippen molar-refractivity contribution in [3.05, 3.63) is 53.5 Å². The van der Waals surface area contributed by atoms with Gasteiger partial charge in [-0.05, 0) is 30.0 Å². The Morgan fingerprint density at radius 2 is 1.80 bits per heavy atom. The van der Waals surface area contributed by atoms with E-state index in [2.05, 4.69) is 29.0 Å². The number of nitrogens with two attached hydrogens (primary N) is 1. The summed E-state index contributed by atoms with van der Waals surface area (Å²) < 4.78 is 5.04. The Balaban J connectivity index is 1.91. The van der Waals surface area contributed by atoms with Gasteiger partial charge >= 0.3 is 0 Å². The second-order valence-electron chi connectivity index (χ2n) is 4.89. The van der Waals surface area contributed by atoms with Crippen molar-refractivity contribution in [3.63, 3.8) is 0 Å². The van der Waals surface area contributed by atoms with Gasteiger partial charge in [-0.3, -0.25) is 4.98 Å². The lowest BCUT2D eigenvalue weighted by atomic mass is 10.0. The first-order valence-corrected chi connectivity index (χ1v) is 6.89. The van der Waals surface area contributed by atoms with Crippen LogP contribution in [0.15, 0.2) is 36.7 Å². The van der Waals surface area contributed by atoms with Crippen molar-refractivity contribution in [2.24, 2.45) is 5.73 Å². The lowest BCUT2D eigenvalue weighted by Crippen LogP contribution is -2.26. The fourth-order valence-electron chi connectivity index (χ4n) is 2.08. The van der Waals surface area contributed by atoms with Gasteiger partial charge in [-0.1, -0.05) is 19.1 Å². The summed E-state index contributed by atoms with van der Waals surface area (Å²) in [5, 5.41) is 0. The molecule has 0 spiro atoms. The van der Waals surface area contributed by atoms with Crippen molar-refractivity contribution < 1.29 is 4.74 Å². The molecule has 0 fully saturated rings. The fraction of sp³-hybridized carbons (Fsp3) is 0.375. The molecule has 0 amide bonds. The zero-order chi connectivity index (χ0) is 14.4. The van der Waals surface area contributed by atoms with Gasteiger partial charge in [0, 0.05) is 36.6 Å². The molecular weight excluding hydrogens is 250 g/mol. The first-order valence-electron chi connectivity index (χ1n) is 6.89. The van der Waals surface area contributed by atoms with Gasteiger partial charge in [-0.25, -0.2) is 4.98 Å². The van der Waals surface area contributed by atoms with E-state index in [1.165, 1.54) is 5.56 Å². The summed E-state index contributed by atoms with van der Waals surface area (Å²) in [6, 6.07) is 8.08. The molecule has 20 heavy (non-hydrogen) atoms. The molecule has 106 valence electrons. The maximum atomic E-state index is 6.18. The summed E-state index contributed by atoms with van der Waals surface area (Å²) in [6.07, 6.45) is 6.31. The number of methoxy groups -OCH3 is 1. The molecule has 2 heterocycles. The SMILES string of the molecule is CCc1ccc(CC(N)Cc2ccc(OC)nc2)nc1. The molecule has 0 radical (unpaired) electrons. The van der Waals surface area contributed by atoms with Crippen molar-refractivity contribution in [3.8, 4) is 5.88 Å². The highest BCUT2D eigenvalue weighted by atomic mass is 16.5. The smallest absolute Gasteiger partial charge is 0.212 e. The maximum absolute atomic E-state index is 6.18. The van der Waals surface area contributed by atoms with E-state index in [4.69, 9.17) is 10.5 Å². The third-order valence-electron chi connectivity index (χ3n) is 3.27. The summed E-state index contributed by atoms with van der Waals surface area (Å²) in [5.74, 6) is 0.624. The van der Waals surface area contributed by atoms with E-state index < -0.39 is 0 Å². The summed E-state index contributed by atoms with van der Waals surface area (Å²) in [7, 11) is 1.61. The molecule has 0 saturated carbocycles. The topological polar surface area (TPSA) is 61.0 Å². The Bertz CT molecular complexity index is 473. The van der Waals surface area contributed by atoms with Gasteiger partial charge in [0.25, 0.3) is 0 Å². The summed E-state index contributed by atoms with van der Waals surface area (Å²) in [5.41, 5.74) is 9.58. The van der Waals surface area contributed by atoms with Crippen molar-refractivity contribution in [2.45, 2.75) is 32.2 Å². The highest BCUT2D eigenvalue weighted by Gasteiger charge is 2.07. The van der Waals surface area contributed by atoms with Crippen LogP contribution >= 0.6 is 0 Å². The third-order valence-corrected chi connectivity index (χ3v) is 3.27. The fourth-order valence-corrected chi connectivity index (χ4v) is 2.08. The minimum atomic E-state index is 0.0465. The highest BCUT2D eigenvalue weighted by Crippen LogP contribution is 2.10. The Morgan fingerprint density at radius 3 is 2.35 bits per heavy atom. The zero-order valence-electron chi connectivity index (χ0n) is 12.0. The lowest BCUT2D eigenvalue weighted by Gasteiger charge is -2.11. The van der Waals surface area contributed by atoms with Crippen LogP contribution in [-0.2, 0) is 19.3 Å². The van der Waals surface area contributed by atoms with Crippen LogP contribution in [0, 0.1) is 0 Å². The van der Waals surface area contributed by atoms with Crippen molar-refractivity contribution in [1.29, 1.82) is 0 Å². The maximum Gasteiger partial charge on any atom is 0.212 e. The van der Waals surface area contributed by atoms with E-state index in [1.54, 1.807) is 7.11 Å². The Labute approximate surface area is 120 Å². The first kappa shape index (κ1) is 14.5. The summed E-state index contributed by atoms with van der Waals surface area (Å²) in [6.45, 7) is 2.12. The number of aromatic nitrogens is 2. The summed E-state index contributed by atoms with van der Waals surface area (Å²) >= 11 is 0. The predicted octanol–water partition coefficient (Wildman–Crippen LogP) is 2.16. The standard InChI is InChI=1S/C16H21N3O/c1-3-12-4-6-15(18-10-12)9-14(17)8-13-5-7-16(20-2)19-11-13/h4-7,10-11,14H,3,8-9,17H2,1-2H3. The number of aryl methyl sites for hydroxylation is 1. The van der Waals surface area contributed by atoms with Gasteiger partial charge < -0.3 is 10.5 Å². The Hall–Kier alpha value is -1.94. The first-order chi connectivity index (χ1) is 9.71. The van der Waals surface area contributed by atoms with Crippen LogP contribution in [0.4, 0.5) is 0 Å². The van der Waals surface area contributed by atoms with Gasteiger partial charge in [0.05, 0.1) is 7.11 Å². The van der Waals surface area contributed by atoms with E-state index in [0.717, 1.165) is 30.5 Å². The molecule has 0 bridgehead atoms. The minimum Gasteiger partial charge on any atom is -0.481 e. The van der Waals surface area contributed by atoms with Gasteiger partial charge in [0.2, 0.25) is 5.88 Å². The highest BCUT2D eigenvalue weighted by molar-refractivity contribution is 5.19. The number of hydrogen-bond donors (Lipinski definition) is 1. The Kier molecular flexibility index (Phi) is 5.07. The van der Waals surface area contributed by atoms with Crippen molar-refractivity contribution >= 4 is 0 Å². The third kappa shape index (κ3) is 4.03. The molecule has 2 rings (SSSR count). The molecule has 1 atom stereocenters. The molecule has 0 saturated heterocycles. The molecule has 2 N–H and O–H groups in total. The van der Waals surface area contributed by atoms with Crippen molar-refractivity contribution in [2.75, 3.05) is 7.11 Å². The lowest BCUT2D eigenvalue weighted by molar-refractivity contribution is 0.397. The van der Waals surface area contributed by atoms with Gasteiger partial charge in [0.1, 0.15) is 0 Å². The van der Waals surface area contributed by atoms with E-state index in [0.29, 0.717) is 5.88 Å². The average molecular weight is 271 g/mol. The normalized spacial score (nSPS) is 12.2. The monoisotopic (exact) mass is 271 g/mol. The molecular formula is C16H21N3O. The number of nitrogens with zero attached hydrogens (tertiary/aromatic N) is 2. The molecule has 2 aromatic rings. The van der Waals surface area contributed by atoms with Crippen LogP contribution in [0.5, 0.6) is 5.88 Å². The van der Waals surface area contributed by atoms with E-state index in [-0.39, 0.29) is 6.04 Å². The van der Waals surface area contributed by atoms with Crippen LogP contribution in [0.3, 0.4) is 0 Å². The Morgan fingerprint density at radius 1 is 1.05 bits per heavy atom. The minimum absolute atomic E-state index is 0.0465. The zero-order valence-corrected chi connectivity index (χ0v) is 12.0. The van der Waals surface area contributed by atoms with Crippen LogP contribution < -0.4 is 10.5 Å². The van der Waals surface area contributed by atoms with Gasteiger partial charge in [-0.15, -0.1) is 0 Å². The number of hydrogen-bond acceptors (Lipinski definition) is 4. The molecule has 0 aliphatic carbocycles. The molecule has 0 aliphatic rings. The van der Waals surface area contributed by atoms with Crippen LogP contribution in [-0.4, -0.2) is 23.1 Å². The molecule has 0 aromatic carbocycles. The van der Waals surface area contributed by atoms with Crippen LogP contribution in [0.25, 0.3) is 0 Å². The van der Waals surface area contributed by atoms with Crippen molar-refractivity contribution in [1.82, 2.24) is 9.97 Å². The number of ether oxygens (including phenoxy) is 1. The quantitative estimate of drug-likeness (QED) is 0.874. The second-order valence-corrected chi connectivity index (χ2v) is 4.89. The van der Waals surface area contributed by atoms with Gasteiger partial charge in [0.15, 0.2) is 0 Å². The van der Waals surface area contributed by atoms with E-state index in [1.807, 2.05) is 24.5 Å². The molecule has 2 aromatic heterocycles. The summed E-state index contributed by atoms with van der Waals surface area (Å²) in [4.78, 5) is 8.63. The molecule has 4 nitrogen and oxygen atoms in total. The largest absolute Gasteiger partial charge is 0.481 e. The molecule has 1 unspecified atom stereocenters. The molecule has 0 aliphatic heterocycles. The average Bonchev–Trinajstić information content (AvgIpc) is 2.49. The van der Waals surface area contributed by atoms with E-state index >= 15 is 0 Å². The second kappa shape index (κ2) is 7.01. The van der Waals surface area contributed by atoms with Crippen LogP contribution in [0.1, 0.15) is 23.7 Å². The predicted molar refractivity (Wildman–Crippen MR) is 79.8 cm³/mol. The number of pyridine rings is 2. The van der Waals surface area contributed by atoms with E-state index in [9.17, 15) is 0 Å². The molecule has 4 heteroatoms. The van der Waals surface area contributed by atoms with Crippen LogP contribution in [0.2, 0.25) is 0 Å². The number of rotatable bonds is 6.